The van der Waals surface area contributed by atoms with Gasteiger partial charge in [0.05, 0.1) is 0 Å². The van der Waals surface area contributed by atoms with Crippen molar-refractivity contribution in [1.82, 2.24) is 0 Å². The van der Waals surface area contributed by atoms with Crippen molar-refractivity contribution in [2.45, 2.75) is 11.5 Å². The molecular weight excluding hydrogens is 330 g/mol. The molecule has 94 valence electrons. The maximum absolute atomic E-state index is 6.11. The lowest BCUT2D eigenvalue weighted by atomic mass is 10.2. The third-order valence-corrected chi connectivity index (χ3v) is 4.69. The average molecular weight is 343 g/mol. The minimum absolute atomic E-state index is 0.783. The second-order valence-electron chi connectivity index (χ2n) is 3.94. The maximum atomic E-state index is 6.11. The molecule has 0 aliphatic rings. The van der Waals surface area contributed by atoms with Crippen LogP contribution >= 0.6 is 39.3 Å². The Bertz CT molecular complexity index is 545. The van der Waals surface area contributed by atoms with Gasteiger partial charge in [-0.05, 0) is 45.3 Å². The van der Waals surface area contributed by atoms with E-state index in [1.165, 1.54) is 11.1 Å². The first kappa shape index (κ1) is 13.8. The smallest absolute Gasteiger partial charge is 0.0461 e. The standard InChI is InChI=1S/C14H13BrClNS/c15-12-6-5-10(7-14(12)17)8-18-9-11-3-1-2-4-13(11)16/h1-7H,8-9,17H2. The molecule has 0 aliphatic heterocycles. The molecule has 2 N–H and O–H groups in total. The lowest BCUT2D eigenvalue weighted by molar-refractivity contribution is 1.36. The van der Waals surface area contributed by atoms with Crippen molar-refractivity contribution in [3.63, 3.8) is 0 Å². The van der Waals surface area contributed by atoms with E-state index in [-0.39, 0.29) is 0 Å². The molecule has 0 heterocycles. The van der Waals surface area contributed by atoms with Crippen LogP contribution in [0.15, 0.2) is 46.9 Å². The number of hydrogen-bond donors (Lipinski definition) is 1. The first-order valence-corrected chi connectivity index (χ1v) is 7.84. The molecule has 0 unspecified atom stereocenters. The molecule has 0 atom stereocenters. The highest BCUT2D eigenvalue weighted by atomic mass is 79.9. The van der Waals surface area contributed by atoms with Crippen molar-refractivity contribution in [2.24, 2.45) is 0 Å². The fourth-order valence-corrected chi connectivity index (χ4v) is 3.09. The predicted molar refractivity (Wildman–Crippen MR) is 85.0 cm³/mol. The van der Waals surface area contributed by atoms with Crippen LogP contribution in [-0.4, -0.2) is 0 Å². The molecule has 0 spiro atoms. The van der Waals surface area contributed by atoms with Gasteiger partial charge in [0.2, 0.25) is 0 Å². The summed E-state index contributed by atoms with van der Waals surface area (Å²) in [6.07, 6.45) is 0. The Morgan fingerprint density at radius 3 is 2.61 bits per heavy atom. The fourth-order valence-electron chi connectivity index (χ4n) is 1.58. The van der Waals surface area contributed by atoms with Crippen molar-refractivity contribution in [3.05, 3.63) is 63.1 Å². The van der Waals surface area contributed by atoms with Gasteiger partial charge in [-0.25, -0.2) is 0 Å². The number of hydrogen-bond acceptors (Lipinski definition) is 2. The monoisotopic (exact) mass is 341 g/mol. The van der Waals surface area contributed by atoms with Crippen molar-refractivity contribution < 1.29 is 0 Å². The van der Waals surface area contributed by atoms with E-state index in [0.717, 1.165) is 26.7 Å². The zero-order chi connectivity index (χ0) is 13.0. The number of anilines is 1. The summed E-state index contributed by atoms with van der Waals surface area (Å²) >= 11 is 11.3. The topological polar surface area (TPSA) is 26.0 Å². The summed E-state index contributed by atoms with van der Waals surface area (Å²) in [6, 6.07) is 14.0. The van der Waals surface area contributed by atoms with Crippen LogP contribution in [0.4, 0.5) is 5.69 Å². The zero-order valence-corrected chi connectivity index (χ0v) is 12.9. The van der Waals surface area contributed by atoms with Gasteiger partial charge in [-0.15, -0.1) is 0 Å². The molecule has 4 heteroatoms. The lowest BCUT2D eigenvalue weighted by Crippen LogP contribution is -1.90. The van der Waals surface area contributed by atoms with Crippen LogP contribution in [0.5, 0.6) is 0 Å². The Morgan fingerprint density at radius 1 is 1.11 bits per heavy atom. The zero-order valence-electron chi connectivity index (χ0n) is 9.70. The number of benzene rings is 2. The molecule has 0 saturated heterocycles. The fraction of sp³-hybridized carbons (Fsp3) is 0.143. The minimum atomic E-state index is 0.783. The molecule has 18 heavy (non-hydrogen) atoms. The average Bonchev–Trinajstić information content (AvgIpc) is 2.36. The second kappa shape index (κ2) is 6.50. The molecule has 0 fully saturated rings. The molecule has 0 saturated carbocycles. The van der Waals surface area contributed by atoms with Gasteiger partial charge in [0, 0.05) is 26.7 Å². The van der Waals surface area contributed by atoms with Crippen molar-refractivity contribution in [1.29, 1.82) is 0 Å². The highest BCUT2D eigenvalue weighted by Gasteiger charge is 2.01. The van der Waals surface area contributed by atoms with Gasteiger partial charge < -0.3 is 5.73 Å². The van der Waals surface area contributed by atoms with E-state index in [1.807, 2.05) is 42.1 Å². The third kappa shape index (κ3) is 3.67. The third-order valence-electron chi connectivity index (χ3n) is 2.54. The Hall–Kier alpha value is -0.640. The summed E-state index contributed by atoms with van der Waals surface area (Å²) in [6.45, 7) is 0. The van der Waals surface area contributed by atoms with Gasteiger partial charge in [0.1, 0.15) is 0 Å². The van der Waals surface area contributed by atoms with Gasteiger partial charge in [0.25, 0.3) is 0 Å². The van der Waals surface area contributed by atoms with E-state index in [9.17, 15) is 0 Å². The number of rotatable bonds is 4. The summed E-state index contributed by atoms with van der Waals surface area (Å²) in [5, 5.41) is 0.834. The highest BCUT2D eigenvalue weighted by molar-refractivity contribution is 9.10. The summed E-state index contributed by atoms with van der Waals surface area (Å²) in [5.74, 6) is 1.85. The molecule has 0 bridgehead atoms. The van der Waals surface area contributed by atoms with E-state index in [0.29, 0.717) is 0 Å². The molecular formula is C14H13BrClNS. The predicted octanol–water partition coefficient (Wildman–Crippen LogP) is 5.12. The van der Waals surface area contributed by atoms with Crippen molar-refractivity contribution >= 4 is 45.0 Å². The molecule has 0 radical (unpaired) electrons. The Balaban J connectivity index is 1.92. The van der Waals surface area contributed by atoms with Crippen molar-refractivity contribution in [2.75, 3.05) is 5.73 Å². The molecule has 2 aromatic carbocycles. The molecule has 0 aromatic heterocycles. The van der Waals surface area contributed by atoms with Crippen LogP contribution in [0.25, 0.3) is 0 Å². The van der Waals surface area contributed by atoms with E-state index < -0.39 is 0 Å². The molecule has 0 amide bonds. The number of nitrogens with two attached hydrogens (primary N) is 1. The number of halogens is 2. The summed E-state index contributed by atoms with van der Waals surface area (Å²) < 4.78 is 0.947. The minimum Gasteiger partial charge on any atom is -0.398 e. The van der Waals surface area contributed by atoms with E-state index >= 15 is 0 Å². The normalized spacial score (nSPS) is 10.6. The maximum Gasteiger partial charge on any atom is 0.0461 e. The summed E-state index contributed by atoms with van der Waals surface area (Å²) in [7, 11) is 0. The SMILES string of the molecule is Nc1cc(CSCc2ccccc2Cl)ccc1Br. The van der Waals surface area contributed by atoms with E-state index in [2.05, 4.69) is 28.1 Å². The van der Waals surface area contributed by atoms with Crippen LogP contribution < -0.4 is 5.73 Å². The van der Waals surface area contributed by atoms with Gasteiger partial charge in [0.15, 0.2) is 0 Å². The first-order chi connectivity index (χ1) is 8.66. The molecule has 1 nitrogen and oxygen atoms in total. The van der Waals surface area contributed by atoms with Gasteiger partial charge in [-0.1, -0.05) is 35.9 Å². The second-order valence-corrected chi connectivity index (χ2v) is 6.19. The Morgan fingerprint density at radius 2 is 1.89 bits per heavy atom. The summed E-state index contributed by atoms with van der Waals surface area (Å²) in [4.78, 5) is 0. The number of nitrogen functional groups attached to an aromatic ring is 1. The van der Waals surface area contributed by atoms with Gasteiger partial charge >= 0.3 is 0 Å². The van der Waals surface area contributed by atoms with Crippen LogP contribution in [0, 0.1) is 0 Å². The van der Waals surface area contributed by atoms with Crippen LogP contribution in [0.3, 0.4) is 0 Å². The highest BCUT2D eigenvalue weighted by Crippen LogP contribution is 2.26. The molecule has 0 aliphatic carbocycles. The van der Waals surface area contributed by atoms with Crippen LogP contribution in [-0.2, 0) is 11.5 Å². The van der Waals surface area contributed by atoms with Crippen molar-refractivity contribution in [3.8, 4) is 0 Å². The van der Waals surface area contributed by atoms with Crippen LogP contribution in [0.1, 0.15) is 11.1 Å². The Labute approximate surface area is 125 Å². The van der Waals surface area contributed by atoms with Gasteiger partial charge in [-0.3, -0.25) is 0 Å². The van der Waals surface area contributed by atoms with Crippen LogP contribution in [0.2, 0.25) is 5.02 Å². The lowest BCUT2D eigenvalue weighted by Gasteiger charge is -2.06. The quantitative estimate of drug-likeness (QED) is 0.781. The first-order valence-electron chi connectivity index (χ1n) is 5.52. The molecule has 2 rings (SSSR count). The number of thioether (sulfide) groups is 1. The summed E-state index contributed by atoms with van der Waals surface area (Å²) in [5.41, 5.74) is 9.04. The van der Waals surface area contributed by atoms with E-state index in [4.69, 9.17) is 17.3 Å². The van der Waals surface area contributed by atoms with Gasteiger partial charge in [-0.2, -0.15) is 11.8 Å². The largest absolute Gasteiger partial charge is 0.398 e. The van der Waals surface area contributed by atoms with E-state index in [1.54, 1.807) is 0 Å². The molecule has 2 aromatic rings. The Kier molecular flexibility index (Phi) is 4.98.